The van der Waals surface area contributed by atoms with Crippen LogP contribution in [-0.2, 0) is 0 Å². The highest BCUT2D eigenvalue weighted by molar-refractivity contribution is 6.09. The monoisotopic (exact) mass is 722 g/mol. The number of hydrogen-bond acceptors (Lipinski definition) is 5. The topological polar surface area (TPSA) is 57.7 Å². The first-order chi connectivity index (χ1) is 27.7. The molecular formula is C51H38N4O. The molecule has 268 valence electrons. The summed E-state index contributed by atoms with van der Waals surface area (Å²) in [7, 11) is 0. The average molecular weight is 723 g/mol. The molecule has 0 saturated carbocycles. The highest BCUT2D eigenvalue weighted by Crippen LogP contribution is 2.47. The van der Waals surface area contributed by atoms with Gasteiger partial charge in [0.2, 0.25) is 0 Å². The molecule has 0 amide bonds. The molecule has 3 aliphatic rings. The lowest BCUT2D eigenvalue weighted by molar-refractivity contribution is 0.669. The maximum atomic E-state index is 6.42. The molecule has 1 aliphatic carbocycles. The van der Waals surface area contributed by atoms with E-state index in [-0.39, 0.29) is 6.04 Å². The van der Waals surface area contributed by atoms with Gasteiger partial charge in [-0.1, -0.05) is 146 Å². The smallest absolute Gasteiger partial charge is 0.136 e. The largest absolute Gasteiger partial charge is 0.456 e. The molecule has 1 unspecified atom stereocenters. The molecule has 0 bridgehead atoms. The molecule has 0 saturated heterocycles. The van der Waals surface area contributed by atoms with Crippen molar-refractivity contribution >= 4 is 68.1 Å². The number of allylic oxidation sites excluding steroid dienone is 6. The van der Waals surface area contributed by atoms with Gasteiger partial charge in [-0.15, -0.1) is 0 Å². The molecule has 5 nitrogen and oxygen atoms in total. The number of rotatable bonds is 5. The van der Waals surface area contributed by atoms with Crippen molar-refractivity contribution in [3.63, 3.8) is 0 Å². The van der Waals surface area contributed by atoms with Gasteiger partial charge in [-0.05, 0) is 70.8 Å². The second-order valence-electron chi connectivity index (χ2n) is 14.1. The van der Waals surface area contributed by atoms with Crippen LogP contribution in [0.15, 0.2) is 199 Å². The Balaban J connectivity index is 1.20. The molecule has 10 rings (SSSR count). The molecule has 0 radical (unpaired) electrons. The molecular weight excluding hydrogens is 685 g/mol. The van der Waals surface area contributed by atoms with E-state index in [1.54, 1.807) is 0 Å². The number of furan rings is 1. The molecule has 0 spiro atoms. The third-order valence-corrected chi connectivity index (χ3v) is 10.9. The van der Waals surface area contributed by atoms with Gasteiger partial charge in [0, 0.05) is 50.6 Å². The number of para-hydroxylation sites is 3. The van der Waals surface area contributed by atoms with Crippen LogP contribution < -0.4 is 21.1 Å². The summed E-state index contributed by atoms with van der Waals surface area (Å²) in [6.45, 7) is 4.47. The number of benzene rings is 6. The van der Waals surface area contributed by atoms with Gasteiger partial charge in [0.25, 0.3) is 0 Å². The van der Waals surface area contributed by atoms with Gasteiger partial charge in [0.1, 0.15) is 11.2 Å². The van der Waals surface area contributed by atoms with E-state index in [0.29, 0.717) is 0 Å². The van der Waals surface area contributed by atoms with Crippen LogP contribution in [0.2, 0.25) is 0 Å². The highest BCUT2D eigenvalue weighted by Gasteiger charge is 2.31. The normalized spacial score (nSPS) is 17.8. The van der Waals surface area contributed by atoms with Crippen molar-refractivity contribution in [1.29, 1.82) is 0 Å². The lowest BCUT2D eigenvalue weighted by Gasteiger charge is -2.36. The Morgan fingerprint density at radius 1 is 0.625 bits per heavy atom. The van der Waals surface area contributed by atoms with Crippen LogP contribution in [0.4, 0.5) is 22.7 Å². The minimum Gasteiger partial charge on any atom is -0.456 e. The zero-order chi connectivity index (χ0) is 37.6. The minimum atomic E-state index is -0.198. The maximum absolute atomic E-state index is 6.42. The Morgan fingerprint density at radius 3 is 2.21 bits per heavy atom. The van der Waals surface area contributed by atoms with Crippen molar-refractivity contribution in [2.45, 2.75) is 6.04 Å². The summed E-state index contributed by atoms with van der Waals surface area (Å²) in [6.07, 6.45) is 21.4. The summed E-state index contributed by atoms with van der Waals surface area (Å²) in [4.78, 5) is 4.72. The highest BCUT2D eigenvalue weighted by atomic mass is 16.3. The van der Waals surface area contributed by atoms with Crippen LogP contribution >= 0.6 is 0 Å². The number of anilines is 4. The lowest BCUT2D eigenvalue weighted by atomic mass is 9.91. The Hall–Kier alpha value is -7.34. The fraction of sp³-hybridized carbons (Fsp3) is 0.0196. The zero-order valence-corrected chi connectivity index (χ0v) is 30.6. The maximum Gasteiger partial charge on any atom is 0.136 e. The number of hydrazine groups is 1. The van der Waals surface area contributed by atoms with Gasteiger partial charge in [-0.3, -0.25) is 5.84 Å². The molecule has 2 aliphatic heterocycles. The first-order valence-electron chi connectivity index (χ1n) is 18.9. The second kappa shape index (κ2) is 13.8. The van der Waals surface area contributed by atoms with Crippen molar-refractivity contribution in [3.05, 3.63) is 217 Å². The predicted molar refractivity (Wildman–Crippen MR) is 235 cm³/mol. The van der Waals surface area contributed by atoms with Crippen LogP contribution in [0.25, 0.3) is 56.5 Å². The van der Waals surface area contributed by atoms with Gasteiger partial charge < -0.3 is 19.6 Å². The van der Waals surface area contributed by atoms with Gasteiger partial charge in [0.15, 0.2) is 0 Å². The number of nitrogens with zero attached hydrogens (tertiary/aromatic N) is 2. The molecule has 1 aromatic heterocycles. The summed E-state index contributed by atoms with van der Waals surface area (Å²) in [6, 6.07) is 46.6. The molecule has 0 fully saturated rings. The van der Waals surface area contributed by atoms with E-state index >= 15 is 0 Å². The zero-order valence-electron chi connectivity index (χ0n) is 30.6. The van der Waals surface area contributed by atoms with E-state index in [1.807, 2.05) is 36.4 Å². The minimum absolute atomic E-state index is 0.198. The molecule has 3 heterocycles. The Labute approximate surface area is 326 Å². The first-order valence-corrected chi connectivity index (χ1v) is 18.9. The Bertz CT molecular complexity index is 2870. The van der Waals surface area contributed by atoms with Crippen molar-refractivity contribution in [2.24, 2.45) is 5.84 Å². The summed E-state index contributed by atoms with van der Waals surface area (Å²) in [5.41, 5.74) is 18.5. The lowest BCUT2D eigenvalue weighted by Crippen LogP contribution is -2.35. The molecule has 7 aromatic rings. The second-order valence-corrected chi connectivity index (χ2v) is 14.1. The van der Waals surface area contributed by atoms with Crippen LogP contribution in [-0.4, -0.2) is 6.04 Å². The first kappa shape index (κ1) is 33.2. The van der Waals surface area contributed by atoms with E-state index in [9.17, 15) is 0 Å². The summed E-state index contributed by atoms with van der Waals surface area (Å²) in [5.74, 6) is 6.37. The van der Waals surface area contributed by atoms with Crippen LogP contribution in [0.3, 0.4) is 0 Å². The fourth-order valence-electron chi connectivity index (χ4n) is 8.30. The van der Waals surface area contributed by atoms with E-state index in [1.165, 1.54) is 0 Å². The van der Waals surface area contributed by atoms with E-state index in [4.69, 9.17) is 10.3 Å². The fourth-order valence-corrected chi connectivity index (χ4v) is 8.30. The third-order valence-electron chi connectivity index (χ3n) is 10.9. The van der Waals surface area contributed by atoms with Crippen molar-refractivity contribution in [3.8, 4) is 11.1 Å². The standard InChI is InChI=1S/C51H38N4O/c1-34-15-12-13-30-54(39-18-6-3-7-19-39)51-40(34)22-14-23-41(51)36-28-29-45-37(31-36)26-27-38-32-49-44(42-20-9-11-25-48(42)56-49)33-47(38)55(45)46-24-10-8-21-43(46)50(53-52)35-16-4-2-5-17-35/h2-33,46,53H,1,52H2/b15-12-,30-13-,50-43-. The van der Waals surface area contributed by atoms with E-state index in [0.717, 1.165) is 94.9 Å². The molecule has 56 heavy (non-hydrogen) atoms. The summed E-state index contributed by atoms with van der Waals surface area (Å²) in [5, 5.41) is 2.16. The number of fused-ring (bicyclic) bond motifs is 6. The van der Waals surface area contributed by atoms with Gasteiger partial charge >= 0.3 is 0 Å². The van der Waals surface area contributed by atoms with Gasteiger partial charge in [0.05, 0.1) is 23.1 Å². The average Bonchev–Trinajstić information content (AvgIpc) is 3.53. The van der Waals surface area contributed by atoms with E-state index in [2.05, 4.69) is 180 Å². The van der Waals surface area contributed by atoms with Crippen molar-refractivity contribution < 1.29 is 4.42 Å². The van der Waals surface area contributed by atoms with E-state index < -0.39 is 0 Å². The Morgan fingerprint density at radius 2 is 1.38 bits per heavy atom. The number of nitrogens with two attached hydrogens (primary N) is 1. The number of nitrogens with one attached hydrogen (secondary N) is 1. The molecule has 6 aromatic carbocycles. The molecule has 5 heteroatoms. The number of hydrogen-bond donors (Lipinski definition) is 2. The van der Waals surface area contributed by atoms with Crippen molar-refractivity contribution in [1.82, 2.24) is 5.43 Å². The Kier molecular flexibility index (Phi) is 8.20. The van der Waals surface area contributed by atoms with Crippen LogP contribution in [0.1, 0.15) is 22.3 Å². The molecule has 3 N–H and O–H groups in total. The summed E-state index contributed by atoms with van der Waals surface area (Å²) >= 11 is 0. The quantitative estimate of drug-likeness (QED) is 0.137. The predicted octanol–water partition coefficient (Wildman–Crippen LogP) is 12.5. The summed E-state index contributed by atoms with van der Waals surface area (Å²) < 4.78 is 6.42. The van der Waals surface area contributed by atoms with Gasteiger partial charge in [-0.2, -0.15) is 0 Å². The molecule has 1 atom stereocenters. The SMILES string of the molecule is C=C1/C=C\C=C/N(c2ccccc2)c2c1cccc2-c1ccc2c(c1)C=Cc1cc3oc4ccccc4c3cc1N2C1C=CC=C/C1=C(/NN)c1ccccc1. The van der Waals surface area contributed by atoms with Crippen LogP contribution in [0.5, 0.6) is 0 Å². The van der Waals surface area contributed by atoms with Gasteiger partial charge in [-0.25, -0.2) is 0 Å². The van der Waals surface area contributed by atoms with Crippen LogP contribution in [0, 0.1) is 0 Å². The third kappa shape index (κ3) is 5.61. The van der Waals surface area contributed by atoms with Crippen molar-refractivity contribution in [2.75, 3.05) is 9.80 Å².